The second kappa shape index (κ2) is 17.5. The Balaban J connectivity index is 1.08. The lowest BCUT2D eigenvalue weighted by atomic mass is 9.99. The van der Waals surface area contributed by atoms with Gasteiger partial charge in [-0.1, -0.05) is 139 Å². The van der Waals surface area contributed by atoms with Gasteiger partial charge in [0.25, 0.3) is 5.22 Å². The summed E-state index contributed by atoms with van der Waals surface area (Å²) in [4.78, 5) is 27.8. The van der Waals surface area contributed by atoms with E-state index < -0.39 is 12.3 Å². The lowest BCUT2D eigenvalue weighted by Crippen LogP contribution is -2.31. The van der Waals surface area contributed by atoms with Crippen molar-refractivity contribution in [3.05, 3.63) is 156 Å². The maximum atomic E-state index is 12.0. The van der Waals surface area contributed by atoms with Gasteiger partial charge < -0.3 is 29.4 Å². The van der Waals surface area contributed by atoms with Crippen molar-refractivity contribution in [2.24, 2.45) is 0 Å². The van der Waals surface area contributed by atoms with E-state index in [0.717, 1.165) is 56.0 Å². The van der Waals surface area contributed by atoms with E-state index in [9.17, 15) is 14.7 Å². The number of benzene rings is 5. The van der Waals surface area contributed by atoms with Crippen LogP contribution in [0.1, 0.15) is 53.9 Å². The minimum atomic E-state index is -0.998. The summed E-state index contributed by atoms with van der Waals surface area (Å²) in [5.41, 5.74) is 8.34. The van der Waals surface area contributed by atoms with E-state index in [1.807, 2.05) is 133 Å². The van der Waals surface area contributed by atoms with Crippen LogP contribution in [-0.2, 0) is 32.2 Å². The van der Waals surface area contributed by atoms with Crippen LogP contribution in [0.25, 0.3) is 33.7 Å². The van der Waals surface area contributed by atoms with Gasteiger partial charge in [0.15, 0.2) is 12.1 Å². The first kappa shape index (κ1) is 36.8. The van der Waals surface area contributed by atoms with Gasteiger partial charge in [-0.15, -0.1) is 0 Å². The fourth-order valence-electron chi connectivity index (χ4n) is 6.33. The fourth-order valence-corrected chi connectivity index (χ4v) is 7.17. The number of nitrogens with zero attached hydrogens (tertiary/aromatic N) is 1. The monoisotopic (exact) mass is 740 g/mol. The first-order valence-electron chi connectivity index (χ1n) is 17.8. The van der Waals surface area contributed by atoms with Crippen molar-refractivity contribution in [1.29, 1.82) is 0 Å². The molecule has 2 heterocycles. The highest BCUT2D eigenvalue weighted by Gasteiger charge is 2.33. The largest absolute Gasteiger partial charge is 0.481 e. The highest BCUT2D eigenvalue weighted by atomic mass is 32.2. The first-order valence-corrected chi connectivity index (χ1v) is 18.8. The number of hydrogen-bond acceptors (Lipinski definition) is 8. The van der Waals surface area contributed by atoms with Crippen molar-refractivity contribution in [2.45, 2.75) is 56.1 Å². The van der Waals surface area contributed by atoms with Gasteiger partial charge in [0.2, 0.25) is 5.91 Å². The molecule has 9 nitrogen and oxygen atoms in total. The third kappa shape index (κ3) is 9.34. The Morgan fingerprint density at radius 3 is 2.11 bits per heavy atom. The molecule has 0 bridgehead atoms. The number of carboxylic acid groups (broad SMARTS) is 1. The summed E-state index contributed by atoms with van der Waals surface area (Å²) >= 11 is 1.52. The molecule has 0 aliphatic carbocycles. The second-order valence-electron chi connectivity index (χ2n) is 13.0. The molecule has 0 radical (unpaired) electrons. The molecule has 10 heteroatoms. The van der Waals surface area contributed by atoms with Crippen LogP contribution in [0.3, 0.4) is 0 Å². The average Bonchev–Trinajstić information content (AvgIpc) is 3.66. The van der Waals surface area contributed by atoms with Crippen LogP contribution < -0.4 is 5.32 Å². The number of amides is 1. The van der Waals surface area contributed by atoms with Crippen molar-refractivity contribution >= 4 is 23.6 Å². The van der Waals surface area contributed by atoms with Gasteiger partial charge in [-0.2, -0.15) is 0 Å². The fraction of sp³-hybridized carbons (Fsp3) is 0.205. The molecule has 0 spiro atoms. The zero-order valence-electron chi connectivity index (χ0n) is 29.5. The topological polar surface area (TPSA) is 131 Å². The normalized spacial score (nSPS) is 16.9. The van der Waals surface area contributed by atoms with E-state index >= 15 is 0 Å². The summed E-state index contributed by atoms with van der Waals surface area (Å²) in [6, 6.07) is 43.8. The van der Waals surface area contributed by atoms with Gasteiger partial charge in [0, 0.05) is 41.8 Å². The van der Waals surface area contributed by atoms with Crippen molar-refractivity contribution in [3.8, 4) is 33.7 Å². The quantitative estimate of drug-likeness (QED) is 0.0937. The molecule has 1 fully saturated rings. The summed E-state index contributed by atoms with van der Waals surface area (Å²) in [6.07, 6.45) is -0.690. The van der Waals surface area contributed by atoms with Crippen LogP contribution in [0.15, 0.2) is 143 Å². The molecule has 1 amide bonds. The Morgan fingerprint density at radius 1 is 0.722 bits per heavy atom. The Labute approximate surface area is 318 Å². The van der Waals surface area contributed by atoms with Crippen LogP contribution in [-0.4, -0.2) is 38.9 Å². The minimum absolute atomic E-state index is 0.0282. The number of carboxylic acids is 1. The number of carbonyl (C=O) groups excluding carboxylic acids is 1. The van der Waals surface area contributed by atoms with Gasteiger partial charge in [-0.25, -0.2) is 4.98 Å². The maximum Gasteiger partial charge on any atom is 0.303 e. The molecule has 1 aliphatic rings. The zero-order chi connectivity index (χ0) is 37.3. The molecule has 3 atom stereocenters. The molecule has 0 unspecified atom stereocenters. The summed E-state index contributed by atoms with van der Waals surface area (Å²) in [5.74, 6) is 0.0187. The molecule has 5 aromatic carbocycles. The summed E-state index contributed by atoms with van der Waals surface area (Å²) in [5, 5.41) is 21.8. The molecule has 1 aliphatic heterocycles. The number of oxazole rings is 1. The Hall–Kier alpha value is -5.52. The first-order chi connectivity index (χ1) is 26.4. The van der Waals surface area contributed by atoms with Crippen molar-refractivity contribution < 1.29 is 33.7 Å². The predicted octanol–water partition coefficient (Wildman–Crippen LogP) is 8.99. The van der Waals surface area contributed by atoms with Crippen molar-refractivity contribution in [2.75, 3.05) is 5.75 Å². The number of ether oxygens (including phenoxy) is 2. The number of rotatable bonds is 14. The minimum Gasteiger partial charge on any atom is -0.481 e. The molecule has 54 heavy (non-hydrogen) atoms. The SMILES string of the molecule is O=C(O)CCC(=O)NCc1cccc(-c2ccc([C@H]3O[C@@H](CSc4nc(-c5ccccc5)c(-c5ccccc5)o4)C[C@@H](c4ccc(CO)cc4)O3)cc2)c1. The number of nitrogens with one attached hydrogen (secondary N) is 1. The Morgan fingerprint density at radius 2 is 1.41 bits per heavy atom. The Kier molecular flexibility index (Phi) is 12.0. The predicted molar refractivity (Wildman–Crippen MR) is 207 cm³/mol. The van der Waals surface area contributed by atoms with Gasteiger partial charge >= 0.3 is 5.97 Å². The summed E-state index contributed by atoms with van der Waals surface area (Å²) in [7, 11) is 0. The van der Waals surface area contributed by atoms with Gasteiger partial charge in [-0.3, -0.25) is 9.59 Å². The number of aliphatic hydroxyl groups is 1. The smallest absolute Gasteiger partial charge is 0.303 e. The molecule has 274 valence electrons. The van der Waals surface area contributed by atoms with Gasteiger partial charge in [0.05, 0.1) is 25.2 Å². The van der Waals surface area contributed by atoms with E-state index in [1.54, 1.807) is 0 Å². The molecule has 1 saturated heterocycles. The average molecular weight is 741 g/mol. The van der Waals surface area contributed by atoms with E-state index in [4.69, 9.17) is 24.0 Å². The van der Waals surface area contributed by atoms with E-state index in [2.05, 4.69) is 5.32 Å². The molecule has 1 aromatic heterocycles. The van der Waals surface area contributed by atoms with Gasteiger partial charge in [0.1, 0.15) is 5.69 Å². The van der Waals surface area contributed by atoms with E-state index in [-0.39, 0.29) is 37.6 Å². The third-order valence-corrected chi connectivity index (χ3v) is 10.2. The second-order valence-corrected chi connectivity index (χ2v) is 14.0. The standard InChI is InChI=1S/C44H40N2O7S/c47-27-29-14-16-32(17-15-29)38-25-37(28-54-44-46-41(33-9-3-1-4-10-33)42(53-44)34-11-5-2-6-12-34)51-43(52-38)35-20-18-31(19-21-35)36-13-7-8-30(24-36)26-45-39(48)22-23-40(49)50/h1-21,24,37-38,43,47H,22-23,25-28H2,(H,45,48)(H,49,50)/t37-,38+,43+/m1/s1. The maximum absolute atomic E-state index is 12.0. The number of aliphatic hydroxyl groups excluding tert-OH is 1. The molecule has 6 aromatic rings. The zero-order valence-corrected chi connectivity index (χ0v) is 30.3. The van der Waals surface area contributed by atoms with Crippen molar-refractivity contribution in [3.63, 3.8) is 0 Å². The third-order valence-electron chi connectivity index (χ3n) is 9.20. The number of hydrogen-bond donors (Lipinski definition) is 3. The van der Waals surface area contributed by atoms with E-state index in [0.29, 0.717) is 23.9 Å². The summed E-state index contributed by atoms with van der Waals surface area (Å²) in [6.45, 7) is 0.280. The lowest BCUT2D eigenvalue weighted by Gasteiger charge is -2.36. The molecule has 0 saturated carbocycles. The number of aliphatic carboxylic acids is 1. The van der Waals surface area contributed by atoms with E-state index in [1.165, 1.54) is 11.8 Å². The molecular formula is C44H40N2O7S. The molecule has 7 rings (SSSR count). The number of carbonyl (C=O) groups is 2. The van der Waals surface area contributed by atoms with Crippen LogP contribution in [0, 0.1) is 0 Å². The highest BCUT2D eigenvalue weighted by molar-refractivity contribution is 7.99. The van der Waals surface area contributed by atoms with Crippen LogP contribution in [0.5, 0.6) is 0 Å². The number of thioether (sulfide) groups is 1. The Bertz CT molecular complexity index is 2100. The summed E-state index contributed by atoms with van der Waals surface area (Å²) < 4.78 is 19.6. The van der Waals surface area contributed by atoms with Crippen LogP contribution in [0.2, 0.25) is 0 Å². The number of aromatic nitrogens is 1. The van der Waals surface area contributed by atoms with Crippen LogP contribution >= 0.6 is 11.8 Å². The van der Waals surface area contributed by atoms with Gasteiger partial charge in [-0.05, 0) is 33.9 Å². The lowest BCUT2D eigenvalue weighted by molar-refractivity contribution is -0.245. The van der Waals surface area contributed by atoms with Crippen molar-refractivity contribution in [1.82, 2.24) is 10.3 Å². The molecule has 3 N–H and O–H groups in total. The highest BCUT2D eigenvalue weighted by Crippen LogP contribution is 2.41. The van der Waals surface area contributed by atoms with Crippen LogP contribution in [0.4, 0.5) is 0 Å². The molecular weight excluding hydrogens is 701 g/mol.